The van der Waals surface area contributed by atoms with Crippen molar-refractivity contribution in [1.82, 2.24) is 30.1 Å². The molecule has 1 atom stereocenters. The van der Waals surface area contributed by atoms with Crippen molar-refractivity contribution in [2.75, 3.05) is 81.8 Å². The highest BCUT2D eigenvalue weighted by Crippen LogP contribution is 2.40. The smallest absolute Gasteiger partial charge is 0.234 e. The van der Waals surface area contributed by atoms with Gasteiger partial charge in [0.1, 0.15) is 30.3 Å². The van der Waals surface area contributed by atoms with E-state index >= 15 is 8.78 Å². The molecule has 3 N–H and O–H groups in total. The number of benzene rings is 2. The fourth-order valence-corrected chi connectivity index (χ4v) is 9.78. The summed E-state index contributed by atoms with van der Waals surface area (Å²) in [6.45, 7) is 11.8. The van der Waals surface area contributed by atoms with Crippen LogP contribution in [0, 0.1) is 11.6 Å². The number of piperazine rings is 1. The van der Waals surface area contributed by atoms with Gasteiger partial charge in [0.15, 0.2) is 0 Å². The van der Waals surface area contributed by atoms with Crippen LogP contribution in [-0.2, 0) is 27.0 Å². The lowest BCUT2D eigenvalue weighted by atomic mass is 9.89. The summed E-state index contributed by atoms with van der Waals surface area (Å²) in [5.41, 5.74) is 4.02. The molecule has 5 heterocycles. The Morgan fingerprint density at radius 2 is 1.69 bits per heavy atom. The van der Waals surface area contributed by atoms with Crippen LogP contribution < -0.4 is 30.9 Å². The van der Waals surface area contributed by atoms with Gasteiger partial charge < -0.3 is 29.7 Å². The quantitative estimate of drug-likeness (QED) is 0.0987. The first kappa shape index (κ1) is 42.6. The van der Waals surface area contributed by atoms with Crippen molar-refractivity contribution in [1.29, 1.82) is 0 Å². The molecular weight excluding hydrogens is 843 g/mol. The molecule has 2 amide bonds. The largest absolute Gasteiger partial charge is 0.494 e. The second kappa shape index (κ2) is 18.4. The molecule has 13 nitrogen and oxygen atoms in total. The van der Waals surface area contributed by atoms with Gasteiger partial charge in [-0.3, -0.25) is 24.8 Å². The molecule has 3 saturated heterocycles. The van der Waals surface area contributed by atoms with Gasteiger partial charge in [-0.1, -0.05) is 6.92 Å². The van der Waals surface area contributed by atoms with Gasteiger partial charge in [-0.25, -0.2) is 13.8 Å². The second-order valence-corrected chi connectivity index (χ2v) is 19.8. The Morgan fingerprint density at radius 1 is 0.966 bits per heavy atom. The number of aromatic nitrogens is 3. The highest BCUT2D eigenvalue weighted by Gasteiger charge is 2.33. The Balaban J connectivity index is 0.928. The van der Waals surface area contributed by atoms with Gasteiger partial charge in [0, 0.05) is 93.3 Å². The van der Waals surface area contributed by atoms with E-state index in [-0.39, 0.29) is 18.4 Å². The van der Waals surface area contributed by atoms with Crippen LogP contribution in [0.15, 0.2) is 53.4 Å². The van der Waals surface area contributed by atoms with Gasteiger partial charge in [-0.2, -0.15) is 4.98 Å². The predicted molar refractivity (Wildman–Crippen MR) is 230 cm³/mol. The SMILES string of the molecule is CCc1cc(Nc2ncc(Br)c(Nc3cnccc3P(C)(C)=O)n2)c(OC)cc1N1CCC(N2CCN(CCc3cc(F)c(C4CCC(=O)NC4=O)c(F)c3)CC2)CC1. The van der Waals surface area contributed by atoms with Gasteiger partial charge >= 0.3 is 0 Å². The van der Waals surface area contributed by atoms with E-state index in [9.17, 15) is 14.2 Å². The number of amides is 2. The van der Waals surface area contributed by atoms with E-state index in [2.05, 4.69) is 75.6 Å². The molecule has 59 heavy (non-hydrogen) atoms. The minimum Gasteiger partial charge on any atom is -0.494 e. The van der Waals surface area contributed by atoms with E-state index in [1.807, 2.05) is 0 Å². The van der Waals surface area contributed by atoms with E-state index in [0.717, 1.165) is 69.9 Å². The Bertz CT molecular complexity index is 2220. The van der Waals surface area contributed by atoms with Crippen molar-refractivity contribution in [2.45, 2.75) is 57.4 Å². The molecule has 3 fully saturated rings. The maximum absolute atomic E-state index is 15.1. The van der Waals surface area contributed by atoms with Gasteiger partial charge in [-0.05, 0) is 96.8 Å². The number of halogens is 3. The van der Waals surface area contributed by atoms with E-state index in [1.165, 1.54) is 17.7 Å². The highest BCUT2D eigenvalue weighted by atomic mass is 79.9. The molecule has 0 spiro atoms. The number of rotatable bonds is 13. The Kier molecular flexibility index (Phi) is 13.3. The number of nitrogens with zero attached hydrogens (tertiary/aromatic N) is 6. The minimum absolute atomic E-state index is 0.0657. The molecule has 1 unspecified atom stereocenters. The molecule has 7 rings (SSSR count). The zero-order valence-corrected chi connectivity index (χ0v) is 36.3. The standard InChI is InChI=1S/C42H51BrF2N9O4P/c1-5-27-22-33(49-42-47-24-30(43)40(51-42)48-34-25-46-12-8-37(34)59(3,4)57)36(58-2)23-35(27)54-14-10-28(11-15-54)53-18-16-52(17-19-53)13-9-26-20-31(44)39(32(45)21-26)29-6-7-38(55)50-41(29)56/h8,12,20-25,28-29H,5-7,9-11,13-19H2,1-4H3,(H,50,55,56)(H2,47,48,49,51). The van der Waals surface area contributed by atoms with E-state index < -0.39 is 36.5 Å². The molecule has 0 saturated carbocycles. The van der Waals surface area contributed by atoms with Crippen LogP contribution in [0.3, 0.4) is 0 Å². The number of anilines is 5. The lowest BCUT2D eigenvalue weighted by Gasteiger charge is -2.43. The molecule has 0 radical (unpaired) electrons. The molecule has 2 aromatic heterocycles. The fraction of sp³-hybridized carbons (Fsp3) is 0.452. The summed E-state index contributed by atoms with van der Waals surface area (Å²) in [7, 11) is -0.919. The third-order valence-corrected chi connectivity index (χ3v) is 13.7. The highest BCUT2D eigenvalue weighted by molar-refractivity contribution is 9.10. The summed E-state index contributed by atoms with van der Waals surface area (Å²) in [6, 6.07) is 9.11. The predicted octanol–water partition coefficient (Wildman–Crippen LogP) is 6.57. The summed E-state index contributed by atoms with van der Waals surface area (Å²) in [4.78, 5) is 44.6. The normalized spacial score (nSPS) is 18.5. The molecule has 3 aliphatic heterocycles. The van der Waals surface area contributed by atoms with Gasteiger partial charge in [0.25, 0.3) is 0 Å². The molecular formula is C42H51BrF2N9O4P. The first-order chi connectivity index (χ1) is 28.3. The van der Waals surface area contributed by atoms with Gasteiger partial charge in [0.2, 0.25) is 17.8 Å². The average molecular weight is 895 g/mol. The monoisotopic (exact) mass is 893 g/mol. The van der Waals surface area contributed by atoms with Crippen LogP contribution >= 0.6 is 23.1 Å². The van der Waals surface area contributed by atoms with Crippen LogP contribution in [0.1, 0.15) is 55.2 Å². The number of aryl methyl sites for hydroxylation is 1. The zero-order chi connectivity index (χ0) is 41.8. The van der Waals surface area contributed by atoms with Crippen molar-refractivity contribution in [3.8, 4) is 5.75 Å². The number of pyridine rings is 1. The number of hydrogen-bond donors (Lipinski definition) is 3. The number of imide groups is 1. The summed E-state index contributed by atoms with van der Waals surface area (Å²) in [5.74, 6) is -1.96. The van der Waals surface area contributed by atoms with Crippen LogP contribution in [0.4, 0.5) is 37.6 Å². The number of hydrogen-bond acceptors (Lipinski definition) is 12. The first-order valence-corrected chi connectivity index (χ1v) is 23.5. The minimum atomic E-state index is -2.58. The summed E-state index contributed by atoms with van der Waals surface area (Å²) in [5, 5.41) is 9.51. The first-order valence-electron chi connectivity index (χ1n) is 20.1. The maximum Gasteiger partial charge on any atom is 0.234 e. The molecule has 0 bridgehead atoms. The molecule has 3 aliphatic rings. The molecule has 0 aliphatic carbocycles. The third-order valence-electron chi connectivity index (χ3n) is 11.6. The van der Waals surface area contributed by atoms with Crippen molar-refractivity contribution in [2.24, 2.45) is 0 Å². The Morgan fingerprint density at radius 3 is 2.36 bits per heavy atom. The topological polar surface area (TPSA) is 145 Å². The third kappa shape index (κ3) is 9.94. The zero-order valence-electron chi connectivity index (χ0n) is 33.9. The number of piperidine rings is 2. The number of carbonyl (C=O) groups excluding carboxylic acids is 2. The van der Waals surface area contributed by atoms with E-state index in [4.69, 9.17) is 9.72 Å². The van der Waals surface area contributed by atoms with Crippen LogP contribution in [0.25, 0.3) is 0 Å². The number of nitrogens with one attached hydrogen (secondary N) is 3. The van der Waals surface area contributed by atoms with Crippen LogP contribution in [0.2, 0.25) is 0 Å². The maximum atomic E-state index is 15.1. The summed E-state index contributed by atoms with van der Waals surface area (Å²) >= 11 is 3.54. The lowest BCUT2D eigenvalue weighted by Crippen LogP contribution is -2.53. The van der Waals surface area contributed by atoms with Crippen molar-refractivity contribution in [3.63, 3.8) is 0 Å². The van der Waals surface area contributed by atoms with Gasteiger partial charge in [-0.15, -0.1) is 0 Å². The van der Waals surface area contributed by atoms with E-state index in [1.54, 1.807) is 45.1 Å². The molecule has 4 aromatic rings. The Hall–Kier alpha value is -4.50. The summed E-state index contributed by atoms with van der Waals surface area (Å²) < 4.78 is 49.6. The molecule has 314 valence electrons. The van der Waals surface area contributed by atoms with E-state index in [0.29, 0.717) is 57.6 Å². The number of methoxy groups -OCH3 is 1. The number of ether oxygens (including phenoxy) is 1. The van der Waals surface area contributed by atoms with Crippen LogP contribution in [-0.4, -0.2) is 109 Å². The van der Waals surface area contributed by atoms with Crippen molar-refractivity contribution < 1.29 is 27.7 Å². The Labute approximate surface area is 352 Å². The van der Waals surface area contributed by atoms with Crippen molar-refractivity contribution in [3.05, 3.63) is 81.7 Å². The summed E-state index contributed by atoms with van der Waals surface area (Å²) in [6.07, 6.45) is 8.51. The average Bonchev–Trinajstić information content (AvgIpc) is 3.21. The molecule has 2 aromatic carbocycles. The fourth-order valence-electron chi connectivity index (χ4n) is 8.37. The van der Waals surface area contributed by atoms with Gasteiger partial charge in [0.05, 0.1) is 35.1 Å². The number of carbonyl (C=O) groups is 2. The second-order valence-electron chi connectivity index (χ2n) is 15.7. The molecule has 17 heteroatoms. The lowest BCUT2D eigenvalue weighted by molar-refractivity contribution is -0.134. The van der Waals surface area contributed by atoms with Crippen LogP contribution in [0.5, 0.6) is 5.75 Å². The van der Waals surface area contributed by atoms with Crippen molar-refractivity contribution >= 4 is 69.0 Å².